The first-order valence-corrected chi connectivity index (χ1v) is 11.2. The van der Waals surface area contributed by atoms with Gasteiger partial charge in [-0.1, -0.05) is 6.07 Å². The fraction of sp³-hybridized carbons (Fsp3) is 0.640. The molecule has 0 N–H and O–H groups in total. The number of quaternary nitrogens is 1. The summed E-state index contributed by atoms with van der Waals surface area (Å²) in [6, 6.07) is 5.56. The lowest BCUT2D eigenvalue weighted by atomic mass is 9.52. The van der Waals surface area contributed by atoms with E-state index in [1.54, 1.807) is 20.3 Å². The Morgan fingerprint density at radius 2 is 1.63 bits per heavy atom. The third-order valence-electron chi connectivity index (χ3n) is 8.00. The van der Waals surface area contributed by atoms with Crippen molar-refractivity contribution in [2.75, 3.05) is 41.5 Å². The molecule has 4 bridgehead atoms. The van der Waals surface area contributed by atoms with E-state index < -0.39 is 0 Å². The van der Waals surface area contributed by atoms with Gasteiger partial charge in [0.05, 0.1) is 33.9 Å². The molecule has 0 aromatic heterocycles. The molecule has 0 radical (unpaired) electrons. The number of hydrogen-bond donors (Lipinski definition) is 0. The Morgan fingerprint density at radius 1 is 1.03 bits per heavy atom. The number of likely N-dealkylation sites (N-methyl/N-ethyl adjacent to an activating group) is 1. The molecule has 5 nitrogen and oxygen atoms in total. The molecule has 0 amide bonds. The van der Waals surface area contributed by atoms with Crippen molar-refractivity contribution in [3.8, 4) is 11.5 Å². The van der Waals surface area contributed by atoms with E-state index >= 15 is 0 Å². The van der Waals surface area contributed by atoms with Crippen LogP contribution in [-0.4, -0.2) is 57.5 Å². The van der Waals surface area contributed by atoms with Crippen LogP contribution in [0.2, 0.25) is 0 Å². The van der Waals surface area contributed by atoms with E-state index in [1.807, 2.05) is 18.2 Å². The fourth-order valence-corrected chi connectivity index (χ4v) is 6.59. The van der Waals surface area contributed by atoms with Gasteiger partial charge < -0.3 is 18.7 Å². The molecule has 30 heavy (non-hydrogen) atoms. The van der Waals surface area contributed by atoms with Crippen LogP contribution in [0.3, 0.4) is 0 Å². The number of hydrogen-bond acceptors (Lipinski definition) is 4. The van der Waals surface area contributed by atoms with Crippen LogP contribution in [0.15, 0.2) is 24.3 Å². The number of rotatable bonds is 8. The predicted octanol–water partition coefficient (Wildman–Crippen LogP) is 4.31. The zero-order valence-corrected chi connectivity index (χ0v) is 18.9. The van der Waals surface area contributed by atoms with Crippen LogP contribution in [0.4, 0.5) is 0 Å². The molecule has 1 aromatic carbocycles. The number of benzene rings is 1. The summed E-state index contributed by atoms with van der Waals surface area (Å²) in [6.07, 6.45) is 11.7. The third-order valence-corrected chi connectivity index (χ3v) is 8.00. The molecule has 5 rings (SSSR count). The smallest absolute Gasteiger partial charge is 0.330 e. The van der Waals surface area contributed by atoms with Crippen LogP contribution in [-0.2, 0) is 9.53 Å². The standard InChI is InChI=1S/C25H36NO4/c1-26(2,25-15-19-11-20(16-25)13-21(12-19)17-25)9-10-30-24(27)8-6-18-5-7-22(28-3)23(14-18)29-4/h5-8,14,19-21H,9-13,15-17H2,1-4H3/q+1. The molecule has 4 saturated carbocycles. The van der Waals surface area contributed by atoms with Gasteiger partial charge in [0.1, 0.15) is 13.2 Å². The maximum absolute atomic E-state index is 12.3. The van der Waals surface area contributed by atoms with E-state index in [1.165, 1.54) is 44.6 Å². The first-order chi connectivity index (χ1) is 14.3. The largest absolute Gasteiger partial charge is 0.493 e. The van der Waals surface area contributed by atoms with Crippen LogP contribution in [0.25, 0.3) is 6.08 Å². The number of esters is 1. The lowest BCUT2D eigenvalue weighted by molar-refractivity contribution is -0.948. The summed E-state index contributed by atoms with van der Waals surface area (Å²) in [5.41, 5.74) is 1.27. The average molecular weight is 415 g/mol. The molecule has 1 aromatic rings. The molecule has 0 unspecified atom stereocenters. The number of carbonyl (C=O) groups excluding carboxylic acids is 1. The Labute approximate surface area is 180 Å². The normalized spacial score (nSPS) is 29.9. The van der Waals surface area contributed by atoms with Crippen molar-refractivity contribution >= 4 is 12.0 Å². The van der Waals surface area contributed by atoms with E-state index in [-0.39, 0.29) is 5.97 Å². The second-order valence-electron chi connectivity index (χ2n) is 10.2. The highest BCUT2D eigenvalue weighted by Gasteiger charge is 2.58. The van der Waals surface area contributed by atoms with Crippen molar-refractivity contribution in [1.29, 1.82) is 0 Å². The molecule has 0 saturated heterocycles. The number of methoxy groups -OCH3 is 2. The summed E-state index contributed by atoms with van der Waals surface area (Å²) in [6.45, 7) is 1.34. The molecular weight excluding hydrogens is 378 g/mol. The summed E-state index contributed by atoms with van der Waals surface area (Å²) >= 11 is 0. The van der Waals surface area contributed by atoms with Crippen molar-refractivity contribution < 1.29 is 23.5 Å². The van der Waals surface area contributed by atoms with Crippen molar-refractivity contribution in [2.45, 2.75) is 44.1 Å². The van der Waals surface area contributed by atoms with Crippen molar-refractivity contribution in [1.82, 2.24) is 0 Å². The summed E-state index contributed by atoms with van der Waals surface area (Å²) in [5, 5.41) is 0. The van der Waals surface area contributed by atoms with Crippen molar-refractivity contribution in [3.05, 3.63) is 29.8 Å². The molecule has 5 heteroatoms. The van der Waals surface area contributed by atoms with Gasteiger partial charge in [0, 0.05) is 25.3 Å². The van der Waals surface area contributed by atoms with Crippen LogP contribution in [0.5, 0.6) is 11.5 Å². The minimum atomic E-state index is -0.296. The van der Waals surface area contributed by atoms with E-state index in [9.17, 15) is 4.79 Å². The molecule has 0 spiro atoms. The zero-order valence-electron chi connectivity index (χ0n) is 18.9. The second kappa shape index (κ2) is 8.26. The van der Waals surface area contributed by atoms with Crippen LogP contribution in [0, 0.1) is 17.8 Å². The fourth-order valence-electron chi connectivity index (χ4n) is 6.59. The Kier molecular flexibility index (Phi) is 5.84. The van der Waals surface area contributed by atoms with Crippen LogP contribution < -0.4 is 9.47 Å². The summed E-state index contributed by atoms with van der Waals surface area (Å²) in [4.78, 5) is 12.3. The zero-order chi connectivity index (χ0) is 21.4. The van der Waals surface area contributed by atoms with Gasteiger partial charge in [-0.3, -0.25) is 0 Å². The minimum Gasteiger partial charge on any atom is -0.493 e. The van der Waals surface area contributed by atoms with Gasteiger partial charge in [-0.05, 0) is 60.8 Å². The molecule has 4 aliphatic carbocycles. The summed E-state index contributed by atoms with van der Waals surface area (Å²) in [7, 11) is 7.90. The first kappa shape index (κ1) is 21.2. The Bertz CT molecular complexity index is 778. The quantitative estimate of drug-likeness (QED) is 0.361. The topological polar surface area (TPSA) is 44.8 Å². The number of nitrogens with zero attached hydrogens (tertiary/aromatic N) is 1. The Hall–Kier alpha value is -2.01. The SMILES string of the molecule is COc1ccc(C=CC(=O)OCC[N+](C)(C)C23CC4CC(CC(C4)C2)C3)cc1OC. The molecule has 4 fully saturated rings. The van der Waals surface area contributed by atoms with E-state index in [0.717, 1.165) is 34.3 Å². The Morgan fingerprint density at radius 3 is 2.20 bits per heavy atom. The lowest BCUT2D eigenvalue weighted by Gasteiger charge is -2.62. The first-order valence-electron chi connectivity index (χ1n) is 11.2. The van der Waals surface area contributed by atoms with Crippen molar-refractivity contribution in [3.63, 3.8) is 0 Å². The molecule has 0 aliphatic heterocycles. The molecule has 0 heterocycles. The molecule has 0 atom stereocenters. The van der Waals surface area contributed by atoms with E-state index in [0.29, 0.717) is 23.6 Å². The lowest BCUT2D eigenvalue weighted by Crippen LogP contribution is -2.67. The second-order valence-corrected chi connectivity index (χ2v) is 10.2. The maximum atomic E-state index is 12.3. The monoisotopic (exact) mass is 414 g/mol. The number of ether oxygens (including phenoxy) is 3. The molecule has 4 aliphatic rings. The number of carbonyl (C=O) groups is 1. The summed E-state index contributed by atoms with van der Waals surface area (Å²) in [5.74, 6) is 3.81. The van der Waals surface area contributed by atoms with Crippen LogP contribution in [0.1, 0.15) is 44.1 Å². The van der Waals surface area contributed by atoms with E-state index in [2.05, 4.69) is 14.1 Å². The van der Waals surface area contributed by atoms with Gasteiger partial charge in [-0.2, -0.15) is 0 Å². The maximum Gasteiger partial charge on any atom is 0.330 e. The average Bonchev–Trinajstić information content (AvgIpc) is 2.70. The highest BCUT2D eigenvalue weighted by Crippen LogP contribution is 2.58. The van der Waals surface area contributed by atoms with Gasteiger partial charge in [0.15, 0.2) is 11.5 Å². The molecule has 164 valence electrons. The minimum absolute atomic E-state index is 0.296. The Balaban J connectivity index is 1.31. The highest BCUT2D eigenvalue weighted by atomic mass is 16.5. The summed E-state index contributed by atoms with van der Waals surface area (Å²) < 4.78 is 17.1. The van der Waals surface area contributed by atoms with Gasteiger partial charge in [-0.25, -0.2) is 4.79 Å². The highest BCUT2D eigenvalue weighted by molar-refractivity contribution is 5.87. The van der Waals surface area contributed by atoms with Gasteiger partial charge in [0.25, 0.3) is 0 Å². The van der Waals surface area contributed by atoms with Gasteiger partial charge in [-0.15, -0.1) is 0 Å². The predicted molar refractivity (Wildman–Crippen MR) is 117 cm³/mol. The molecular formula is C25H36NO4+. The van der Waals surface area contributed by atoms with Gasteiger partial charge >= 0.3 is 5.97 Å². The van der Waals surface area contributed by atoms with Gasteiger partial charge in [0.2, 0.25) is 0 Å². The van der Waals surface area contributed by atoms with Crippen LogP contribution >= 0.6 is 0 Å². The third kappa shape index (κ3) is 4.09. The van der Waals surface area contributed by atoms with Crippen molar-refractivity contribution in [2.24, 2.45) is 17.8 Å². The van der Waals surface area contributed by atoms with E-state index in [4.69, 9.17) is 14.2 Å².